The van der Waals surface area contributed by atoms with Gasteiger partial charge in [0, 0.05) is 11.6 Å². The fourth-order valence-electron chi connectivity index (χ4n) is 1.47. The van der Waals surface area contributed by atoms with Gasteiger partial charge in [0.05, 0.1) is 17.5 Å². The Bertz CT molecular complexity index is 485. The highest BCUT2D eigenvalue weighted by Gasteiger charge is 2.14. The van der Waals surface area contributed by atoms with Gasteiger partial charge >= 0.3 is 5.97 Å². The molecule has 0 radical (unpaired) electrons. The van der Waals surface area contributed by atoms with Crippen molar-refractivity contribution in [2.24, 2.45) is 16.5 Å². The average molecular weight is 325 g/mol. The molecule has 0 aliphatic rings. The molecule has 1 rings (SSSR count). The molecule has 7 nitrogen and oxygen atoms in total. The van der Waals surface area contributed by atoms with E-state index in [1.807, 2.05) is 18.4 Å². The maximum Gasteiger partial charge on any atom is 0.328 e. The van der Waals surface area contributed by atoms with Crippen molar-refractivity contribution in [2.45, 2.75) is 32.2 Å². The Kier molecular flexibility index (Phi) is 11.5. The summed E-state index contributed by atoms with van der Waals surface area (Å²) in [5.74, 6) is -0.909. The minimum Gasteiger partial charge on any atom is -0.480 e. The first-order chi connectivity index (χ1) is 10.6. The van der Waals surface area contributed by atoms with Crippen LogP contribution >= 0.6 is 11.3 Å². The Hall–Kier alpha value is -2.06. The van der Waals surface area contributed by atoms with Gasteiger partial charge in [-0.05, 0) is 37.5 Å². The van der Waals surface area contributed by atoms with Crippen LogP contribution in [0.15, 0.2) is 21.5 Å². The topological polar surface area (TPSA) is 138 Å². The van der Waals surface area contributed by atoms with Crippen LogP contribution in [-0.4, -0.2) is 41.2 Å². The number of nitrogens with one attached hydrogen (secondary N) is 1. The lowest BCUT2D eigenvalue weighted by molar-refractivity contribution is -0.138. The van der Waals surface area contributed by atoms with E-state index < -0.39 is 12.0 Å². The number of aromatic nitrogens is 1. The number of allylic oxidation sites excluding steroid dienone is 1. The number of thiazole rings is 1. The van der Waals surface area contributed by atoms with Crippen LogP contribution < -0.4 is 11.5 Å². The summed E-state index contributed by atoms with van der Waals surface area (Å²) in [6, 6.07) is -0.714. The number of carbonyl (C=O) groups is 1. The number of nitrogens with two attached hydrogens (primary N) is 2. The molecule has 6 N–H and O–H groups in total. The van der Waals surface area contributed by atoms with Gasteiger partial charge in [0.15, 0.2) is 0 Å². The number of carboxylic acids is 1. The Balaban J connectivity index is 0.00000135. The summed E-state index contributed by atoms with van der Waals surface area (Å²) < 4.78 is 0. The molecule has 0 spiro atoms. The van der Waals surface area contributed by atoms with E-state index in [-0.39, 0.29) is 0 Å². The summed E-state index contributed by atoms with van der Waals surface area (Å²) in [5, 5.41) is 16.9. The first kappa shape index (κ1) is 19.9. The molecular weight excluding hydrogens is 302 g/mol. The van der Waals surface area contributed by atoms with Crippen LogP contribution in [0.4, 0.5) is 0 Å². The number of aliphatic imine (C=N–C) groups is 1. The summed E-state index contributed by atoms with van der Waals surface area (Å²) in [5.41, 5.74) is 13.4. The second-order valence-corrected chi connectivity index (χ2v) is 4.93. The highest BCUT2D eigenvalue weighted by atomic mass is 32.1. The number of hydrogen-bond acceptors (Lipinski definition) is 6. The molecule has 22 heavy (non-hydrogen) atoms. The Morgan fingerprint density at radius 1 is 1.64 bits per heavy atom. The van der Waals surface area contributed by atoms with Gasteiger partial charge in [0.2, 0.25) is 0 Å². The average Bonchev–Trinajstić information content (AvgIpc) is 2.99. The molecular formula is C14H23N5O2S. The van der Waals surface area contributed by atoms with Crippen molar-refractivity contribution in [3.05, 3.63) is 22.2 Å². The maximum atomic E-state index is 11.0. The predicted molar refractivity (Wildman–Crippen MR) is 91.6 cm³/mol. The molecule has 1 unspecified atom stereocenters. The number of rotatable bonds is 8. The standard InChI is InChI=1S/C13H19N3O2S.CH4N2/c1-2-10(6-11-8-19-9-16-11)7-15-12(13(17)18)4-3-5-14;2-1-3/h6-9,12H,2-5,14H2,1H3,(H,17,18);1H,(H3,2,3)/b10-6+,15-7?;. The quantitative estimate of drug-likeness (QED) is 0.426. The smallest absolute Gasteiger partial charge is 0.328 e. The first-order valence-electron chi connectivity index (χ1n) is 6.84. The summed E-state index contributed by atoms with van der Waals surface area (Å²) in [6.45, 7) is 2.48. The van der Waals surface area contributed by atoms with Crippen LogP contribution in [0.25, 0.3) is 6.08 Å². The van der Waals surface area contributed by atoms with Gasteiger partial charge < -0.3 is 16.6 Å². The van der Waals surface area contributed by atoms with Crippen molar-refractivity contribution in [2.75, 3.05) is 6.54 Å². The number of nitrogens with zero attached hydrogens (tertiary/aromatic N) is 2. The molecule has 1 aromatic rings. The summed E-state index contributed by atoms with van der Waals surface area (Å²) in [7, 11) is 0. The molecule has 8 heteroatoms. The molecule has 122 valence electrons. The van der Waals surface area contributed by atoms with E-state index in [1.54, 1.807) is 11.7 Å². The van der Waals surface area contributed by atoms with Gasteiger partial charge in [-0.2, -0.15) is 0 Å². The van der Waals surface area contributed by atoms with Crippen molar-refractivity contribution in [1.29, 1.82) is 5.41 Å². The van der Waals surface area contributed by atoms with Crippen LogP contribution in [0.1, 0.15) is 31.9 Å². The van der Waals surface area contributed by atoms with Gasteiger partial charge in [-0.25, -0.2) is 9.78 Å². The van der Waals surface area contributed by atoms with E-state index in [1.165, 1.54) is 11.3 Å². The fraction of sp³-hybridized carbons (Fsp3) is 0.429. The number of carboxylic acid groups (broad SMARTS) is 1. The van der Waals surface area contributed by atoms with Gasteiger partial charge in [0.1, 0.15) is 6.04 Å². The van der Waals surface area contributed by atoms with E-state index in [4.69, 9.17) is 16.2 Å². The predicted octanol–water partition coefficient (Wildman–Crippen LogP) is 1.75. The van der Waals surface area contributed by atoms with Crippen LogP contribution in [0.5, 0.6) is 0 Å². The zero-order chi connectivity index (χ0) is 16.8. The van der Waals surface area contributed by atoms with E-state index in [9.17, 15) is 4.79 Å². The zero-order valence-electron chi connectivity index (χ0n) is 12.6. The van der Waals surface area contributed by atoms with E-state index in [0.29, 0.717) is 19.4 Å². The highest BCUT2D eigenvalue weighted by Crippen LogP contribution is 2.10. The summed E-state index contributed by atoms with van der Waals surface area (Å²) in [6.07, 6.45) is 6.21. The van der Waals surface area contributed by atoms with Crippen molar-refractivity contribution in [1.82, 2.24) is 4.98 Å². The molecule has 0 saturated carbocycles. The molecule has 0 fully saturated rings. The Labute approximate surface area is 134 Å². The largest absolute Gasteiger partial charge is 0.480 e. The van der Waals surface area contributed by atoms with Gasteiger partial charge in [0.25, 0.3) is 0 Å². The third-order valence-corrected chi connectivity index (χ3v) is 3.18. The second-order valence-electron chi connectivity index (χ2n) is 4.22. The Morgan fingerprint density at radius 2 is 2.32 bits per heavy atom. The SMILES string of the molecule is CC/C(C=NC(CCCN)C(=O)O)=C\c1cscn1.N=CN. The van der Waals surface area contributed by atoms with E-state index in [0.717, 1.165) is 24.0 Å². The monoisotopic (exact) mass is 325 g/mol. The molecule has 0 aromatic carbocycles. The van der Waals surface area contributed by atoms with Crippen LogP contribution in [0.2, 0.25) is 0 Å². The molecule has 0 aliphatic heterocycles. The molecule has 1 heterocycles. The van der Waals surface area contributed by atoms with Crippen LogP contribution in [0.3, 0.4) is 0 Å². The normalized spacial score (nSPS) is 12.5. The molecule has 0 amide bonds. The summed E-state index contributed by atoms with van der Waals surface area (Å²) >= 11 is 1.52. The number of hydrogen-bond donors (Lipinski definition) is 4. The van der Waals surface area contributed by atoms with E-state index >= 15 is 0 Å². The lowest BCUT2D eigenvalue weighted by Crippen LogP contribution is -2.19. The fourth-order valence-corrected chi connectivity index (χ4v) is 1.98. The van der Waals surface area contributed by atoms with Crippen molar-refractivity contribution in [3.8, 4) is 0 Å². The summed E-state index contributed by atoms with van der Waals surface area (Å²) in [4.78, 5) is 19.3. The van der Waals surface area contributed by atoms with Crippen LogP contribution in [-0.2, 0) is 4.79 Å². The molecule has 0 saturated heterocycles. The van der Waals surface area contributed by atoms with Gasteiger partial charge in [-0.15, -0.1) is 11.3 Å². The lowest BCUT2D eigenvalue weighted by atomic mass is 10.1. The molecule has 1 aromatic heterocycles. The van der Waals surface area contributed by atoms with Crippen molar-refractivity contribution >= 4 is 35.9 Å². The molecule has 0 bridgehead atoms. The van der Waals surface area contributed by atoms with Gasteiger partial charge in [-0.3, -0.25) is 10.4 Å². The highest BCUT2D eigenvalue weighted by molar-refractivity contribution is 7.07. The van der Waals surface area contributed by atoms with Crippen molar-refractivity contribution < 1.29 is 9.90 Å². The van der Waals surface area contributed by atoms with Crippen LogP contribution in [0, 0.1) is 5.41 Å². The first-order valence-corrected chi connectivity index (χ1v) is 7.78. The molecule has 0 aliphatic carbocycles. The lowest BCUT2D eigenvalue weighted by Gasteiger charge is -2.06. The van der Waals surface area contributed by atoms with E-state index in [2.05, 4.69) is 15.7 Å². The molecule has 1 atom stereocenters. The maximum absolute atomic E-state index is 11.0. The third kappa shape index (κ3) is 8.98. The zero-order valence-corrected chi connectivity index (χ0v) is 13.4. The van der Waals surface area contributed by atoms with Gasteiger partial charge in [-0.1, -0.05) is 6.92 Å². The minimum absolute atomic E-state index is 0.468. The number of aliphatic carboxylic acids is 1. The Morgan fingerprint density at radius 3 is 2.77 bits per heavy atom. The van der Waals surface area contributed by atoms with Crippen molar-refractivity contribution in [3.63, 3.8) is 0 Å². The third-order valence-electron chi connectivity index (χ3n) is 2.58. The second kappa shape index (κ2) is 12.7. The minimum atomic E-state index is -0.909.